The Balaban J connectivity index is 2.25. The third-order valence-electron chi connectivity index (χ3n) is 3.81. The Bertz CT molecular complexity index is 886. The number of aliphatic hydroxyl groups is 1. The van der Waals surface area contributed by atoms with Crippen LogP contribution in [0, 0.1) is 11.6 Å². The summed E-state index contributed by atoms with van der Waals surface area (Å²) in [5.74, 6) is -1.06. The molecule has 25 heavy (non-hydrogen) atoms. The van der Waals surface area contributed by atoms with Crippen molar-refractivity contribution in [3.05, 3.63) is 53.6 Å². The third kappa shape index (κ3) is 2.83. The normalized spacial score (nSPS) is 10.8. The number of methoxy groups -OCH3 is 2. The monoisotopic (exact) mass is 347 g/mol. The molecule has 1 heterocycles. The van der Waals surface area contributed by atoms with Gasteiger partial charge in [0.15, 0.2) is 17.4 Å². The first-order valence-corrected chi connectivity index (χ1v) is 7.37. The first kappa shape index (κ1) is 16.9. The summed E-state index contributed by atoms with van der Waals surface area (Å²) in [7, 11) is 2.95. The lowest BCUT2D eigenvalue weighted by atomic mass is 10.0. The summed E-state index contributed by atoms with van der Waals surface area (Å²) in [6.45, 7) is -0.495. The molecule has 0 aliphatic rings. The van der Waals surface area contributed by atoms with E-state index in [-0.39, 0.29) is 22.6 Å². The van der Waals surface area contributed by atoms with Crippen LogP contribution in [-0.2, 0) is 6.61 Å². The smallest absolute Gasteiger partial charge is 0.180 e. The van der Waals surface area contributed by atoms with Gasteiger partial charge < -0.3 is 19.1 Å². The van der Waals surface area contributed by atoms with E-state index >= 15 is 0 Å². The van der Waals surface area contributed by atoms with Crippen molar-refractivity contribution in [3.63, 3.8) is 0 Å². The number of benzene rings is 2. The van der Waals surface area contributed by atoms with Crippen molar-refractivity contribution < 1.29 is 27.9 Å². The van der Waals surface area contributed by atoms with E-state index in [4.69, 9.17) is 14.0 Å². The Kier molecular flexibility index (Phi) is 4.67. The van der Waals surface area contributed by atoms with Crippen LogP contribution >= 0.6 is 0 Å². The second-order valence-electron chi connectivity index (χ2n) is 5.14. The molecule has 1 N–H and O–H groups in total. The Labute approximate surface area is 142 Å². The Morgan fingerprint density at radius 1 is 1.04 bits per heavy atom. The van der Waals surface area contributed by atoms with Crippen LogP contribution in [0.25, 0.3) is 22.6 Å². The van der Waals surface area contributed by atoms with Gasteiger partial charge in [-0.05, 0) is 24.3 Å². The Morgan fingerprint density at radius 3 is 2.28 bits per heavy atom. The molecule has 0 aliphatic heterocycles. The van der Waals surface area contributed by atoms with Crippen molar-refractivity contribution in [2.24, 2.45) is 0 Å². The number of aromatic nitrogens is 1. The summed E-state index contributed by atoms with van der Waals surface area (Å²) >= 11 is 0. The van der Waals surface area contributed by atoms with Crippen molar-refractivity contribution in [2.45, 2.75) is 6.61 Å². The first-order chi connectivity index (χ1) is 12.1. The minimum absolute atomic E-state index is 0.0162. The Hall–Kier alpha value is -2.93. The molecule has 0 saturated heterocycles. The lowest BCUT2D eigenvalue weighted by Crippen LogP contribution is -1.96. The number of aliphatic hydroxyl groups excluding tert-OH is 1. The molecular formula is C18H15F2NO4. The van der Waals surface area contributed by atoms with Gasteiger partial charge in [-0.2, -0.15) is 0 Å². The molecule has 0 atom stereocenters. The number of hydrogen-bond donors (Lipinski definition) is 1. The van der Waals surface area contributed by atoms with Gasteiger partial charge in [0.05, 0.1) is 26.4 Å². The molecule has 0 bridgehead atoms. The molecule has 0 fully saturated rings. The molecule has 0 radical (unpaired) electrons. The highest BCUT2D eigenvalue weighted by atomic mass is 19.2. The largest absolute Gasteiger partial charge is 0.496 e. The van der Waals surface area contributed by atoms with Gasteiger partial charge in [0.2, 0.25) is 0 Å². The second-order valence-corrected chi connectivity index (χ2v) is 5.14. The average molecular weight is 347 g/mol. The van der Waals surface area contributed by atoms with Crippen molar-refractivity contribution >= 4 is 0 Å². The van der Waals surface area contributed by atoms with Gasteiger partial charge in [0.1, 0.15) is 22.8 Å². The lowest BCUT2D eigenvalue weighted by Gasteiger charge is -2.11. The molecule has 5 nitrogen and oxygen atoms in total. The standard InChI is InChI=1S/C18H15F2NO4/c1-23-13-7-4-8-14(24-2)15(13)18-11(9-22)17(21-25-18)10-5-3-6-12(19)16(10)20/h3-8,22H,9H2,1-2H3. The second kappa shape index (κ2) is 6.90. The van der Waals surface area contributed by atoms with Crippen LogP contribution in [0.2, 0.25) is 0 Å². The molecule has 0 aliphatic carbocycles. The van der Waals surface area contributed by atoms with E-state index in [1.54, 1.807) is 18.2 Å². The minimum atomic E-state index is -1.07. The van der Waals surface area contributed by atoms with Crippen LogP contribution in [0.5, 0.6) is 11.5 Å². The highest BCUT2D eigenvalue weighted by Gasteiger charge is 2.26. The predicted molar refractivity (Wildman–Crippen MR) is 86.3 cm³/mol. The predicted octanol–water partition coefficient (Wildman–Crippen LogP) is 3.80. The van der Waals surface area contributed by atoms with Gasteiger partial charge >= 0.3 is 0 Å². The highest BCUT2D eigenvalue weighted by Crippen LogP contribution is 2.42. The van der Waals surface area contributed by atoms with E-state index in [0.29, 0.717) is 17.1 Å². The number of rotatable bonds is 5. The van der Waals surface area contributed by atoms with E-state index < -0.39 is 18.2 Å². The van der Waals surface area contributed by atoms with Gasteiger partial charge in [-0.15, -0.1) is 0 Å². The maximum atomic E-state index is 14.1. The fraction of sp³-hybridized carbons (Fsp3) is 0.167. The molecule has 0 saturated carbocycles. The first-order valence-electron chi connectivity index (χ1n) is 7.37. The van der Waals surface area contributed by atoms with Crippen LogP contribution < -0.4 is 9.47 Å². The minimum Gasteiger partial charge on any atom is -0.496 e. The molecule has 1 aromatic heterocycles. The van der Waals surface area contributed by atoms with Crippen LogP contribution in [0.1, 0.15) is 5.56 Å². The fourth-order valence-corrected chi connectivity index (χ4v) is 2.63. The lowest BCUT2D eigenvalue weighted by molar-refractivity contribution is 0.281. The summed E-state index contributed by atoms with van der Waals surface area (Å²) in [6.07, 6.45) is 0. The SMILES string of the molecule is COc1cccc(OC)c1-c1onc(-c2cccc(F)c2F)c1CO. The fourth-order valence-electron chi connectivity index (χ4n) is 2.63. The van der Waals surface area contributed by atoms with Gasteiger partial charge in [0, 0.05) is 5.56 Å². The molecule has 3 rings (SSSR count). The van der Waals surface area contributed by atoms with E-state index in [0.717, 1.165) is 6.07 Å². The molecule has 7 heteroatoms. The van der Waals surface area contributed by atoms with Crippen molar-refractivity contribution in [2.75, 3.05) is 14.2 Å². The number of hydrogen-bond acceptors (Lipinski definition) is 5. The van der Waals surface area contributed by atoms with Crippen molar-refractivity contribution in [1.29, 1.82) is 0 Å². The molecule has 130 valence electrons. The number of nitrogens with zero attached hydrogens (tertiary/aromatic N) is 1. The van der Waals surface area contributed by atoms with Crippen LogP contribution in [0.3, 0.4) is 0 Å². The zero-order chi connectivity index (χ0) is 18.0. The van der Waals surface area contributed by atoms with Gasteiger partial charge in [0.25, 0.3) is 0 Å². The van der Waals surface area contributed by atoms with E-state index in [1.807, 2.05) is 0 Å². The van der Waals surface area contributed by atoms with E-state index in [2.05, 4.69) is 5.16 Å². The summed E-state index contributed by atoms with van der Waals surface area (Å²) in [5, 5.41) is 13.6. The van der Waals surface area contributed by atoms with Gasteiger partial charge in [-0.3, -0.25) is 0 Å². The van der Waals surface area contributed by atoms with E-state index in [1.165, 1.54) is 26.4 Å². The molecular weight excluding hydrogens is 332 g/mol. The summed E-state index contributed by atoms with van der Waals surface area (Å²) in [4.78, 5) is 0. The van der Waals surface area contributed by atoms with Crippen LogP contribution in [0.4, 0.5) is 8.78 Å². The zero-order valence-electron chi connectivity index (χ0n) is 13.5. The maximum Gasteiger partial charge on any atom is 0.180 e. The van der Waals surface area contributed by atoms with Crippen LogP contribution in [-0.4, -0.2) is 24.5 Å². The van der Waals surface area contributed by atoms with Crippen molar-refractivity contribution in [1.82, 2.24) is 5.16 Å². The van der Waals surface area contributed by atoms with Crippen molar-refractivity contribution in [3.8, 4) is 34.1 Å². The highest BCUT2D eigenvalue weighted by molar-refractivity contribution is 5.80. The van der Waals surface area contributed by atoms with Gasteiger partial charge in [-0.25, -0.2) is 8.78 Å². The quantitative estimate of drug-likeness (QED) is 0.761. The molecule has 3 aromatic rings. The molecule has 0 amide bonds. The maximum absolute atomic E-state index is 14.1. The molecule has 0 spiro atoms. The summed E-state index contributed by atoms with van der Waals surface area (Å²) in [5.41, 5.74) is 0.537. The topological polar surface area (TPSA) is 64.7 Å². The number of halogens is 2. The Morgan fingerprint density at radius 2 is 1.68 bits per heavy atom. The summed E-state index contributed by atoms with van der Waals surface area (Å²) in [6, 6.07) is 8.81. The molecule has 2 aromatic carbocycles. The third-order valence-corrected chi connectivity index (χ3v) is 3.81. The van der Waals surface area contributed by atoms with E-state index in [9.17, 15) is 13.9 Å². The van der Waals surface area contributed by atoms with Crippen LogP contribution in [0.15, 0.2) is 40.9 Å². The zero-order valence-corrected chi connectivity index (χ0v) is 13.5. The molecule has 0 unspecified atom stereocenters. The average Bonchev–Trinajstić information content (AvgIpc) is 3.06. The van der Waals surface area contributed by atoms with Gasteiger partial charge in [-0.1, -0.05) is 17.3 Å². The summed E-state index contributed by atoms with van der Waals surface area (Å²) < 4.78 is 43.6. The number of ether oxygens (including phenoxy) is 2.